The van der Waals surface area contributed by atoms with Crippen molar-refractivity contribution in [3.05, 3.63) is 66.2 Å². The second kappa shape index (κ2) is 5.69. The van der Waals surface area contributed by atoms with E-state index >= 15 is 0 Å². The van der Waals surface area contributed by atoms with E-state index in [4.69, 9.17) is 9.05 Å². The zero-order valence-electron chi connectivity index (χ0n) is 12.1. The van der Waals surface area contributed by atoms with Crippen molar-refractivity contribution in [2.24, 2.45) is 0 Å². The van der Waals surface area contributed by atoms with Crippen LogP contribution in [0.15, 0.2) is 63.6 Å². The molecule has 0 amide bonds. The molecule has 0 saturated heterocycles. The zero-order valence-corrected chi connectivity index (χ0v) is 12.1. The molecule has 0 radical (unpaired) electrons. The molecule has 0 bridgehead atoms. The molecule has 0 aliphatic heterocycles. The Morgan fingerprint density at radius 1 is 0.708 bits per heavy atom. The molecule has 2 aromatic carbocycles. The summed E-state index contributed by atoms with van der Waals surface area (Å²) in [6.45, 7) is 0. The molecule has 0 spiro atoms. The van der Waals surface area contributed by atoms with Crippen LogP contribution in [0.2, 0.25) is 0 Å². The third kappa shape index (κ3) is 2.67. The molecule has 0 unspecified atom stereocenters. The maximum atomic E-state index is 13.0. The van der Waals surface area contributed by atoms with Gasteiger partial charge in [-0.3, -0.25) is 0 Å². The van der Waals surface area contributed by atoms with Gasteiger partial charge in [0.2, 0.25) is 5.82 Å². The first-order valence-electron chi connectivity index (χ1n) is 7.02. The predicted octanol–water partition coefficient (Wildman–Crippen LogP) is 4.34. The van der Waals surface area contributed by atoms with Crippen LogP contribution in [0.4, 0.5) is 8.78 Å². The van der Waals surface area contributed by atoms with Crippen molar-refractivity contribution in [2.75, 3.05) is 0 Å². The Hall–Kier alpha value is -3.35. The van der Waals surface area contributed by atoms with Crippen molar-refractivity contribution >= 4 is 0 Å². The van der Waals surface area contributed by atoms with Gasteiger partial charge in [0.05, 0.1) is 0 Å². The Kier molecular flexibility index (Phi) is 3.38. The fourth-order valence-corrected chi connectivity index (χ4v) is 2.17. The van der Waals surface area contributed by atoms with Crippen LogP contribution in [0.25, 0.3) is 34.3 Å². The molecule has 0 N–H and O–H groups in total. The molecular weight excluding hydrogens is 316 g/mol. The summed E-state index contributed by atoms with van der Waals surface area (Å²) in [5.41, 5.74) is 1.65. The molecule has 118 valence electrons. The maximum absolute atomic E-state index is 13.0. The molecule has 0 aliphatic rings. The lowest BCUT2D eigenvalue weighted by molar-refractivity contribution is 0.411. The Labute approximate surface area is 134 Å². The molecule has 24 heavy (non-hydrogen) atoms. The molecule has 5 nitrogen and oxygen atoms in total. The summed E-state index contributed by atoms with van der Waals surface area (Å²) in [5, 5.41) is 7.73. The predicted molar refractivity (Wildman–Crippen MR) is 80.6 cm³/mol. The lowest BCUT2D eigenvalue weighted by Crippen LogP contribution is -1.82. The molecule has 2 aromatic heterocycles. The lowest BCUT2D eigenvalue weighted by Gasteiger charge is -1.93. The van der Waals surface area contributed by atoms with Crippen LogP contribution in [0, 0.1) is 11.6 Å². The van der Waals surface area contributed by atoms with E-state index in [1.54, 1.807) is 30.3 Å². The smallest absolute Gasteiger partial charge is 0.280 e. The lowest BCUT2D eigenvalue weighted by atomic mass is 10.1. The van der Waals surface area contributed by atoms with Gasteiger partial charge in [0, 0.05) is 17.2 Å². The van der Waals surface area contributed by atoms with Gasteiger partial charge in [0.25, 0.3) is 5.89 Å². The fraction of sp³-hybridized carbons (Fsp3) is 0. The molecular formula is C17H9F2N3O2. The monoisotopic (exact) mass is 325 g/mol. The second-order valence-corrected chi connectivity index (χ2v) is 5.01. The van der Waals surface area contributed by atoms with Gasteiger partial charge in [-0.15, -0.1) is 0 Å². The van der Waals surface area contributed by atoms with Gasteiger partial charge in [-0.2, -0.15) is 4.98 Å². The van der Waals surface area contributed by atoms with E-state index in [0.29, 0.717) is 28.4 Å². The number of hydrogen-bond acceptors (Lipinski definition) is 5. The molecule has 4 aromatic rings. The topological polar surface area (TPSA) is 65.0 Å². The van der Waals surface area contributed by atoms with Gasteiger partial charge >= 0.3 is 0 Å². The van der Waals surface area contributed by atoms with E-state index in [-0.39, 0.29) is 17.5 Å². The highest BCUT2D eigenvalue weighted by atomic mass is 19.1. The average Bonchev–Trinajstić information content (AvgIpc) is 3.25. The van der Waals surface area contributed by atoms with Crippen LogP contribution in [0.3, 0.4) is 0 Å². The first-order chi connectivity index (χ1) is 11.7. The summed E-state index contributed by atoms with van der Waals surface area (Å²) in [6.07, 6.45) is 0. The highest BCUT2D eigenvalue weighted by Gasteiger charge is 2.16. The summed E-state index contributed by atoms with van der Waals surface area (Å²) in [7, 11) is 0. The summed E-state index contributed by atoms with van der Waals surface area (Å²) in [6, 6.07) is 13.2. The Morgan fingerprint density at radius 3 is 2.00 bits per heavy atom. The number of nitrogens with zero attached hydrogens (tertiary/aromatic N) is 3. The Morgan fingerprint density at radius 2 is 1.33 bits per heavy atom. The molecule has 0 aliphatic carbocycles. The van der Waals surface area contributed by atoms with E-state index in [0.717, 1.165) is 0 Å². The Bertz CT molecular complexity index is 894. The summed E-state index contributed by atoms with van der Waals surface area (Å²) in [4.78, 5) is 4.22. The molecule has 2 heterocycles. The molecule has 0 fully saturated rings. The minimum atomic E-state index is -0.345. The number of rotatable bonds is 3. The summed E-state index contributed by atoms with van der Waals surface area (Å²) < 4.78 is 36.3. The standard InChI is InChI=1S/C17H9F2N3O2/c18-12-5-1-10(2-6-12)15-9-14(21-23-15)17-20-16(22-24-17)11-3-7-13(19)8-4-11/h1-9H. The van der Waals surface area contributed by atoms with E-state index in [1.807, 2.05) is 0 Å². The number of hydrogen-bond donors (Lipinski definition) is 0. The normalized spacial score (nSPS) is 10.9. The van der Waals surface area contributed by atoms with Crippen LogP contribution in [-0.4, -0.2) is 15.3 Å². The number of benzene rings is 2. The SMILES string of the molecule is Fc1ccc(-c2noc(-c3cc(-c4ccc(F)cc4)on3)n2)cc1. The third-order valence-corrected chi connectivity index (χ3v) is 3.39. The highest BCUT2D eigenvalue weighted by Crippen LogP contribution is 2.26. The zero-order chi connectivity index (χ0) is 16.5. The van der Waals surface area contributed by atoms with Crippen molar-refractivity contribution in [3.8, 4) is 34.3 Å². The Balaban J connectivity index is 1.63. The van der Waals surface area contributed by atoms with Gasteiger partial charge < -0.3 is 9.05 Å². The van der Waals surface area contributed by atoms with Gasteiger partial charge in [0.15, 0.2) is 11.5 Å². The van der Waals surface area contributed by atoms with Gasteiger partial charge in [-0.1, -0.05) is 10.3 Å². The highest BCUT2D eigenvalue weighted by molar-refractivity contribution is 5.63. The van der Waals surface area contributed by atoms with Crippen LogP contribution < -0.4 is 0 Å². The van der Waals surface area contributed by atoms with Crippen molar-refractivity contribution in [1.82, 2.24) is 15.3 Å². The van der Waals surface area contributed by atoms with Crippen LogP contribution in [-0.2, 0) is 0 Å². The molecule has 7 heteroatoms. The van der Waals surface area contributed by atoms with Gasteiger partial charge in [-0.25, -0.2) is 8.78 Å². The summed E-state index contributed by atoms with van der Waals surface area (Å²) >= 11 is 0. The molecule has 0 saturated carbocycles. The fourth-order valence-electron chi connectivity index (χ4n) is 2.17. The number of aromatic nitrogens is 3. The van der Waals surface area contributed by atoms with Crippen LogP contribution in [0.5, 0.6) is 0 Å². The van der Waals surface area contributed by atoms with Gasteiger partial charge in [-0.05, 0) is 48.5 Å². The average molecular weight is 325 g/mol. The van der Waals surface area contributed by atoms with E-state index < -0.39 is 0 Å². The first kappa shape index (κ1) is 14.3. The largest absolute Gasteiger partial charge is 0.355 e. The molecule has 0 atom stereocenters. The van der Waals surface area contributed by atoms with E-state index in [2.05, 4.69) is 15.3 Å². The minimum Gasteiger partial charge on any atom is -0.355 e. The van der Waals surface area contributed by atoms with Crippen LogP contribution in [0.1, 0.15) is 0 Å². The van der Waals surface area contributed by atoms with Crippen molar-refractivity contribution in [1.29, 1.82) is 0 Å². The maximum Gasteiger partial charge on any atom is 0.280 e. The third-order valence-electron chi connectivity index (χ3n) is 3.39. The minimum absolute atomic E-state index is 0.173. The summed E-state index contributed by atoms with van der Waals surface area (Å²) in [5.74, 6) is 0.261. The van der Waals surface area contributed by atoms with Crippen molar-refractivity contribution < 1.29 is 17.8 Å². The molecule has 4 rings (SSSR count). The van der Waals surface area contributed by atoms with Gasteiger partial charge in [0.1, 0.15) is 11.6 Å². The van der Waals surface area contributed by atoms with E-state index in [1.165, 1.54) is 24.3 Å². The van der Waals surface area contributed by atoms with Crippen LogP contribution >= 0.6 is 0 Å². The van der Waals surface area contributed by atoms with Crippen molar-refractivity contribution in [3.63, 3.8) is 0 Å². The van der Waals surface area contributed by atoms with Crippen molar-refractivity contribution in [2.45, 2.75) is 0 Å². The second-order valence-electron chi connectivity index (χ2n) is 5.01. The first-order valence-corrected chi connectivity index (χ1v) is 7.02. The number of halogens is 2. The van der Waals surface area contributed by atoms with E-state index in [9.17, 15) is 8.78 Å². The quantitative estimate of drug-likeness (QED) is 0.561.